The van der Waals surface area contributed by atoms with Gasteiger partial charge >= 0.3 is 0 Å². The van der Waals surface area contributed by atoms with Crippen molar-refractivity contribution in [3.05, 3.63) is 12.7 Å². The summed E-state index contributed by atoms with van der Waals surface area (Å²) in [7, 11) is 1.61. The van der Waals surface area contributed by atoms with E-state index in [-0.39, 0.29) is 6.04 Å². The van der Waals surface area contributed by atoms with Gasteiger partial charge in [-0.05, 0) is 0 Å². The van der Waals surface area contributed by atoms with E-state index in [1.165, 1.54) is 0 Å². The molecule has 0 radical (unpaired) electrons. The average Bonchev–Trinajstić information content (AvgIpc) is 1.68. The minimum absolute atomic E-state index is 0.00926. The number of hydrogen-bond donors (Lipinski definition) is 1. The molecule has 0 unspecified atom stereocenters. The highest BCUT2D eigenvalue weighted by atomic mass is 16.5. The highest BCUT2D eigenvalue weighted by Gasteiger charge is 1.89. The molecule has 42 valence electrons. The number of hydrogen-bond acceptors (Lipinski definition) is 2. The molecule has 2 heteroatoms. The van der Waals surface area contributed by atoms with Crippen LogP contribution in [0.4, 0.5) is 0 Å². The van der Waals surface area contributed by atoms with Crippen LogP contribution in [0.1, 0.15) is 0 Å². The van der Waals surface area contributed by atoms with Gasteiger partial charge in [-0.2, -0.15) is 0 Å². The van der Waals surface area contributed by atoms with Gasteiger partial charge in [-0.25, -0.2) is 0 Å². The van der Waals surface area contributed by atoms with Crippen LogP contribution in [-0.2, 0) is 4.74 Å². The summed E-state index contributed by atoms with van der Waals surface area (Å²) in [5.74, 6) is 0. The Balaban J connectivity index is 2.98. The largest absolute Gasteiger partial charge is 0.383 e. The molecule has 0 aliphatic heterocycles. The first kappa shape index (κ1) is 6.66. The lowest BCUT2D eigenvalue weighted by Gasteiger charge is -2.00. The van der Waals surface area contributed by atoms with Gasteiger partial charge < -0.3 is 10.5 Å². The van der Waals surface area contributed by atoms with Gasteiger partial charge in [0.15, 0.2) is 0 Å². The molecule has 0 amide bonds. The van der Waals surface area contributed by atoms with Gasteiger partial charge in [0.05, 0.1) is 6.61 Å². The molecule has 0 aromatic rings. The Morgan fingerprint density at radius 1 is 2.00 bits per heavy atom. The van der Waals surface area contributed by atoms with Crippen LogP contribution in [0.3, 0.4) is 0 Å². The molecule has 2 nitrogen and oxygen atoms in total. The quantitative estimate of drug-likeness (QED) is 0.513. The summed E-state index contributed by atoms with van der Waals surface area (Å²) >= 11 is 0. The van der Waals surface area contributed by atoms with E-state index in [1.54, 1.807) is 13.2 Å². The van der Waals surface area contributed by atoms with Crippen LogP contribution in [0, 0.1) is 0 Å². The van der Waals surface area contributed by atoms with E-state index in [0.29, 0.717) is 6.61 Å². The monoisotopic (exact) mass is 101 g/mol. The predicted molar refractivity (Wildman–Crippen MR) is 30.0 cm³/mol. The molecule has 0 saturated heterocycles. The van der Waals surface area contributed by atoms with Gasteiger partial charge in [-0.15, -0.1) is 6.58 Å². The highest BCUT2D eigenvalue weighted by Crippen LogP contribution is 1.76. The highest BCUT2D eigenvalue weighted by molar-refractivity contribution is 4.81. The zero-order valence-corrected chi connectivity index (χ0v) is 4.55. The summed E-state index contributed by atoms with van der Waals surface area (Å²) in [6.45, 7) is 4.03. The second-order valence-corrected chi connectivity index (χ2v) is 1.35. The standard InChI is InChI=1S/C5H11NO/c1-3-5(6)4-7-2/h3,5H,1,4,6H2,2H3/t5-/m0/s1. The molecule has 0 spiro atoms. The van der Waals surface area contributed by atoms with Crippen LogP contribution in [0.15, 0.2) is 12.7 Å². The van der Waals surface area contributed by atoms with Crippen molar-refractivity contribution in [2.45, 2.75) is 6.04 Å². The molecular weight excluding hydrogens is 90.1 g/mol. The summed E-state index contributed by atoms with van der Waals surface area (Å²) in [6.07, 6.45) is 1.66. The Labute approximate surface area is 44.0 Å². The molecule has 0 aromatic carbocycles. The SMILES string of the molecule is C=C[C@H](N)COC. The molecule has 7 heavy (non-hydrogen) atoms. The third-order valence-electron chi connectivity index (χ3n) is 0.662. The summed E-state index contributed by atoms with van der Waals surface area (Å²) in [5, 5.41) is 0. The van der Waals surface area contributed by atoms with Gasteiger partial charge in [0.25, 0.3) is 0 Å². The van der Waals surface area contributed by atoms with Crippen molar-refractivity contribution in [2.75, 3.05) is 13.7 Å². The predicted octanol–water partition coefficient (Wildman–Crippen LogP) is 0.146. The maximum absolute atomic E-state index is 5.34. The van der Waals surface area contributed by atoms with Gasteiger partial charge in [0, 0.05) is 13.2 Å². The Morgan fingerprint density at radius 2 is 2.57 bits per heavy atom. The van der Waals surface area contributed by atoms with Gasteiger partial charge in [0.2, 0.25) is 0 Å². The smallest absolute Gasteiger partial charge is 0.0649 e. The van der Waals surface area contributed by atoms with Crippen molar-refractivity contribution in [2.24, 2.45) is 5.73 Å². The van der Waals surface area contributed by atoms with Crippen molar-refractivity contribution in [3.8, 4) is 0 Å². The van der Waals surface area contributed by atoms with E-state index in [1.807, 2.05) is 0 Å². The van der Waals surface area contributed by atoms with E-state index >= 15 is 0 Å². The van der Waals surface area contributed by atoms with Gasteiger partial charge in [-0.3, -0.25) is 0 Å². The molecule has 1 atom stereocenters. The third-order valence-corrected chi connectivity index (χ3v) is 0.662. The van der Waals surface area contributed by atoms with Crippen molar-refractivity contribution in [1.29, 1.82) is 0 Å². The molecular formula is C5H11NO. The molecule has 0 aliphatic rings. The average molecular weight is 101 g/mol. The first-order chi connectivity index (χ1) is 3.31. The van der Waals surface area contributed by atoms with Crippen LogP contribution < -0.4 is 5.73 Å². The van der Waals surface area contributed by atoms with Crippen molar-refractivity contribution < 1.29 is 4.74 Å². The topological polar surface area (TPSA) is 35.2 Å². The lowest BCUT2D eigenvalue weighted by Crippen LogP contribution is -2.21. The summed E-state index contributed by atoms with van der Waals surface area (Å²) < 4.78 is 4.70. The summed E-state index contributed by atoms with van der Waals surface area (Å²) in [4.78, 5) is 0. The van der Waals surface area contributed by atoms with Gasteiger partial charge in [0.1, 0.15) is 0 Å². The molecule has 2 N–H and O–H groups in total. The molecule has 0 saturated carbocycles. The minimum atomic E-state index is -0.00926. The van der Waals surface area contributed by atoms with E-state index in [9.17, 15) is 0 Å². The van der Waals surface area contributed by atoms with E-state index < -0.39 is 0 Å². The fourth-order valence-electron chi connectivity index (χ4n) is 0.260. The van der Waals surface area contributed by atoms with Gasteiger partial charge in [-0.1, -0.05) is 6.08 Å². The Morgan fingerprint density at radius 3 is 2.71 bits per heavy atom. The zero-order chi connectivity index (χ0) is 5.70. The number of rotatable bonds is 3. The first-order valence-electron chi connectivity index (χ1n) is 2.18. The fourth-order valence-corrected chi connectivity index (χ4v) is 0.260. The normalized spacial score (nSPS) is 13.4. The first-order valence-corrected chi connectivity index (χ1v) is 2.18. The zero-order valence-electron chi connectivity index (χ0n) is 4.55. The lowest BCUT2D eigenvalue weighted by molar-refractivity contribution is 0.192. The fraction of sp³-hybridized carbons (Fsp3) is 0.600. The van der Waals surface area contributed by atoms with Crippen LogP contribution in [-0.4, -0.2) is 19.8 Å². The lowest BCUT2D eigenvalue weighted by atomic mass is 10.3. The van der Waals surface area contributed by atoms with Crippen molar-refractivity contribution in [1.82, 2.24) is 0 Å². The molecule has 0 bridgehead atoms. The van der Waals surface area contributed by atoms with E-state index in [0.717, 1.165) is 0 Å². The second kappa shape index (κ2) is 3.84. The Kier molecular flexibility index (Phi) is 3.65. The van der Waals surface area contributed by atoms with Crippen LogP contribution >= 0.6 is 0 Å². The maximum Gasteiger partial charge on any atom is 0.0649 e. The second-order valence-electron chi connectivity index (χ2n) is 1.35. The molecule has 0 heterocycles. The maximum atomic E-state index is 5.34. The summed E-state index contributed by atoms with van der Waals surface area (Å²) in [6, 6.07) is -0.00926. The van der Waals surface area contributed by atoms with Crippen molar-refractivity contribution in [3.63, 3.8) is 0 Å². The van der Waals surface area contributed by atoms with Crippen LogP contribution in [0.25, 0.3) is 0 Å². The van der Waals surface area contributed by atoms with Crippen LogP contribution in [0.5, 0.6) is 0 Å². The van der Waals surface area contributed by atoms with Crippen LogP contribution in [0.2, 0.25) is 0 Å². The molecule has 0 aliphatic carbocycles. The number of methoxy groups -OCH3 is 1. The number of ether oxygens (including phenoxy) is 1. The van der Waals surface area contributed by atoms with Crippen molar-refractivity contribution >= 4 is 0 Å². The molecule has 0 fully saturated rings. The Hall–Kier alpha value is -0.340. The third kappa shape index (κ3) is 3.49. The Bertz CT molecular complexity index is 54.0. The summed E-state index contributed by atoms with van der Waals surface area (Å²) in [5.41, 5.74) is 5.34. The molecule has 0 rings (SSSR count). The van der Waals surface area contributed by atoms with E-state index in [2.05, 4.69) is 6.58 Å². The number of nitrogens with two attached hydrogens (primary N) is 1. The minimum Gasteiger partial charge on any atom is -0.383 e. The molecule has 0 aromatic heterocycles. The van der Waals surface area contributed by atoms with E-state index in [4.69, 9.17) is 10.5 Å².